The van der Waals surface area contributed by atoms with E-state index in [1.165, 1.54) is 51.4 Å². The predicted molar refractivity (Wildman–Crippen MR) is 170 cm³/mol. The molecule has 1 saturated heterocycles. The molecule has 0 aromatic heterocycles. The van der Waals surface area contributed by atoms with E-state index >= 15 is 0 Å². The third kappa shape index (κ3) is 16.7. The number of carbonyl (C=O) groups excluding carboxylic acids is 1. The zero-order chi connectivity index (χ0) is 31.5. The molecule has 0 aromatic rings. The summed E-state index contributed by atoms with van der Waals surface area (Å²) < 4.78 is 11.1. The van der Waals surface area contributed by atoms with E-state index in [0.717, 1.165) is 44.9 Å². The highest BCUT2D eigenvalue weighted by molar-refractivity contribution is 5.90. The highest BCUT2D eigenvalue weighted by Crippen LogP contribution is 2.28. The van der Waals surface area contributed by atoms with Crippen LogP contribution in [-0.4, -0.2) is 80.3 Å². The molecule has 0 saturated carbocycles. The molecule has 1 fully saturated rings. The molecule has 2 rings (SSSR count). The Kier molecular flexibility index (Phi) is 19.9. The summed E-state index contributed by atoms with van der Waals surface area (Å²) in [7, 11) is 0. The van der Waals surface area contributed by atoms with Crippen LogP contribution in [0.4, 0.5) is 0 Å². The molecule has 2 heterocycles. The molecule has 0 unspecified atom stereocenters. The Morgan fingerprint density at radius 3 is 1.91 bits per heavy atom. The van der Waals surface area contributed by atoms with Gasteiger partial charge in [-0.15, -0.1) is 0 Å². The van der Waals surface area contributed by atoms with Crippen LogP contribution in [0.15, 0.2) is 11.6 Å². The Morgan fingerprint density at radius 2 is 1.28 bits per heavy atom. The molecule has 8 atom stereocenters. The topological polar surface area (TPSA) is 137 Å². The molecule has 5 N–H and O–H groups in total. The third-order valence-electron chi connectivity index (χ3n) is 9.18. The number of hydrogen-bond donors (Lipinski definition) is 5. The molecule has 8 heteroatoms. The summed E-state index contributed by atoms with van der Waals surface area (Å²) in [5, 5.41) is 52.1. The number of ether oxygens (including phenoxy) is 2. The second kappa shape index (κ2) is 22.5. The van der Waals surface area contributed by atoms with E-state index in [9.17, 15) is 30.3 Å². The highest BCUT2D eigenvalue weighted by atomic mass is 16.5. The summed E-state index contributed by atoms with van der Waals surface area (Å²) in [5.41, 5.74) is 0.559. The van der Waals surface area contributed by atoms with Crippen molar-refractivity contribution in [2.75, 3.05) is 0 Å². The maximum atomic E-state index is 11.7. The summed E-state index contributed by atoms with van der Waals surface area (Å²) in [5.74, 6) is -0.329. The summed E-state index contributed by atoms with van der Waals surface area (Å²) in [6, 6.07) is 0. The van der Waals surface area contributed by atoms with Crippen molar-refractivity contribution in [2.24, 2.45) is 0 Å². The lowest BCUT2D eigenvalue weighted by Crippen LogP contribution is -2.31. The van der Waals surface area contributed by atoms with Gasteiger partial charge in [0, 0.05) is 12.0 Å². The first-order chi connectivity index (χ1) is 20.7. The minimum Gasteiger partial charge on any atom is -0.455 e. The van der Waals surface area contributed by atoms with E-state index in [4.69, 9.17) is 9.47 Å². The van der Waals surface area contributed by atoms with Gasteiger partial charge in [-0.1, -0.05) is 90.4 Å². The van der Waals surface area contributed by atoms with E-state index in [2.05, 4.69) is 6.92 Å². The van der Waals surface area contributed by atoms with Crippen molar-refractivity contribution in [1.82, 2.24) is 0 Å². The van der Waals surface area contributed by atoms with Gasteiger partial charge in [0.2, 0.25) is 0 Å². The first-order valence-electron chi connectivity index (χ1n) is 17.7. The van der Waals surface area contributed by atoms with Gasteiger partial charge >= 0.3 is 5.97 Å². The lowest BCUT2D eigenvalue weighted by Gasteiger charge is -2.23. The van der Waals surface area contributed by atoms with Gasteiger partial charge in [0.25, 0.3) is 0 Å². The Hall–Kier alpha value is -1.03. The molecule has 0 bridgehead atoms. The number of unbranched alkanes of at least 4 members (excludes halogenated alkanes) is 11. The second-order valence-electron chi connectivity index (χ2n) is 13.3. The highest BCUT2D eigenvalue weighted by Gasteiger charge is 2.32. The molecule has 2 aliphatic heterocycles. The Morgan fingerprint density at radius 1 is 0.721 bits per heavy atom. The smallest absolute Gasteiger partial charge is 0.334 e. The Balaban J connectivity index is 1.46. The van der Waals surface area contributed by atoms with Crippen molar-refractivity contribution in [3.63, 3.8) is 0 Å². The number of cyclic esters (lactones) is 1. The van der Waals surface area contributed by atoms with Crippen LogP contribution in [0.5, 0.6) is 0 Å². The van der Waals surface area contributed by atoms with Gasteiger partial charge in [-0.2, -0.15) is 0 Å². The number of rotatable bonds is 26. The van der Waals surface area contributed by atoms with Crippen molar-refractivity contribution < 1.29 is 39.8 Å². The van der Waals surface area contributed by atoms with Crippen LogP contribution in [0.25, 0.3) is 0 Å². The number of aliphatic hydroxyl groups excluding tert-OH is 5. The van der Waals surface area contributed by atoms with Crippen molar-refractivity contribution in [3.05, 3.63) is 11.6 Å². The molecule has 0 aromatic carbocycles. The molecule has 0 aliphatic carbocycles. The van der Waals surface area contributed by atoms with E-state index in [0.29, 0.717) is 50.5 Å². The van der Waals surface area contributed by atoms with Gasteiger partial charge in [0.05, 0.1) is 42.7 Å². The van der Waals surface area contributed by atoms with Crippen LogP contribution in [-0.2, 0) is 14.3 Å². The van der Waals surface area contributed by atoms with Gasteiger partial charge < -0.3 is 35.0 Å². The first-order valence-corrected chi connectivity index (χ1v) is 17.7. The third-order valence-corrected chi connectivity index (χ3v) is 9.18. The molecule has 0 radical (unpaired) electrons. The molecule has 252 valence electrons. The van der Waals surface area contributed by atoms with Gasteiger partial charge in [0.1, 0.15) is 6.10 Å². The van der Waals surface area contributed by atoms with Crippen LogP contribution >= 0.6 is 0 Å². The number of carbonyl (C=O) groups is 1. The predicted octanol–water partition coefficient (Wildman–Crippen LogP) is 6.03. The van der Waals surface area contributed by atoms with E-state index in [1.807, 2.05) is 0 Å². The van der Waals surface area contributed by atoms with Gasteiger partial charge in [0.15, 0.2) is 0 Å². The lowest BCUT2D eigenvalue weighted by atomic mass is 9.97. The summed E-state index contributed by atoms with van der Waals surface area (Å²) >= 11 is 0. The molecule has 43 heavy (non-hydrogen) atoms. The normalized spacial score (nSPS) is 24.0. The fourth-order valence-electron chi connectivity index (χ4n) is 6.44. The Bertz CT molecular complexity index is 758. The Labute approximate surface area is 261 Å². The van der Waals surface area contributed by atoms with Gasteiger partial charge in [-0.3, -0.25) is 0 Å². The molecule has 0 amide bonds. The first kappa shape index (κ1) is 38.2. The fraction of sp³-hybridized carbons (Fsp3) is 0.914. The molecule has 8 nitrogen and oxygen atoms in total. The maximum Gasteiger partial charge on any atom is 0.334 e. The van der Waals surface area contributed by atoms with Crippen LogP contribution in [0, 0.1) is 0 Å². The number of esters is 1. The van der Waals surface area contributed by atoms with E-state index in [-0.39, 0.29) is 24.3 Å². The number of aliphatic hydroxyl groups is 5. The van der Waals surface area contributed by atoms with Crippen molar-refractivity contribution in [1.29, 1.82) is 0 Å². The SMILES string of the molecule is CCCCCCCCCCCC[C@H](O)[C@H](O)CC[C@H](O)[C@@H]1CC[C@@H](C[C@H](O)CCCCC[C@@H](O)CC2=C[C@H](C)OC2=O)O1. The number of hydrogen-bond acceptors (Lipinski definition) is 8. The average Bonchev–Trinajstić information content (AvgIpc) is 3.56. The summed E-state index contributed by atoms with van der Waals surface area (Å²) in [6.45, 7) is 4.04. The van der Waals surface area contributed by atoms with Crippen molar-refractivity contribution in [2.45, 2.75) is 204 Å². The molecular weight excluding hydrogens is 548 g/mol. The average molecular weight is 613 g/mol. The van der Waals surface area contributed by atoms with Crippen molar-refractivity contribution in [3.8, 4) is 0 Å². The molecular formula is C35H64O8. The zero-order valence-corrected chi connectivity index (χ0v) is 27.2. The minimum atomic E-state index is -0.826. The van der Waals surface area contributed by atoms with Crippen LogP contribution in [0.2, 0.25) is 0 Å². The standard InChI is InChI=1S/C35H64O8/c1-3-4-5-6-7-8-9-10-11-15-18-31(38)32(39)20-21-33(40)34-22-19-30(43-34)25-29(37)17-14-12-13-16-28(36)24-27-23-26(2)42-35(27)41/h23,26,28-34,36-40H,3-22,24-25H2,1-2H3/t26-,28+,29+,30-,31-,32+,33-,34-/m0/s1. The summed E-state index contributed by atoms with van der Waals surface area (Å²) in [4.78, 5) is 11.7. The monoisotopic (exact) mass is 612 g/mol. The maximum absolute atomic E-state index is 11.7. The van der Waals surface area contributed by atoms with Crippen LogP contribution < -0.4 is 0 Å². The molecule has 2 aliphatic rings. The van der Waals surface area contributed by atoms with Crippen LogP contribution in [0.3, 0.4) is 0 Å². The zero-order valence-electron chi connectivity index (χ0n) is 27.2. The van der Waals surface area contributed by atoms with E-state index < -0.39 is 30.5 Å². The van der Waals surface area contributed by atoms with Gasteiger partial charge in [-0.05, 0) is 64.4 Å². The van der Waals surface area contributed by atoms with E-state index in [1.54, 1.807) is 13.0 Å². The fourth-order valence-corrected chi connectivity index (χ4v) is 6.44. The van der Waals surface area contributed by atoms with Crippen molar-refractivity contribution >= 4 is 5.97 Å². The van der Waals surface area contributed by atoms with Gasteiger partial charge in [-0.25, -0.2) is 4.79 Å². The van der Waals surface area contributed by atoms with Crippen LogP contribution in [0.1, 0.15) is 155 Å². The second-order valence-corrected chi connectivity index (χ2v) is 13.3. The lowest BCUT2D eigenvalue weighted by molar-refractivity contribution is -0.139. The minimum absolute atomic E-state index is 0.0786. The summed E-state index contributed by atoms with van der Waals surface area (Å²) in [6.07, 6.45) is 17.9. The quantitative estimate of drug-likeness (QED) is 0.0590. The largest absolute Gasteiger partial charge is 0.455 e. The molecule has 0 spiro atoms.